The zero-order valence-corrected chi connectivity index (χ0v) is 20.4. The highest BCUT2D eigenvalue weighted by Gasteiger charge is 2.34. The van der Waals surface area contributed by atoms with Crippen LogP contribution < -0.4 is 4.74 Å². The maximum absolute atomic E-state index is 13.4. The lowest BCUT2D eigenvalue weighted by Crippen LogP contribution is -2.50. The van der Waals surface area contributed by atoms with Crippen LogP contribution in [0.2, 0.25) is 0 Å². The Bertz CT molecular complexity index is 1080. The molecule has 2 amide bonds. The normalized spacial score (nSPS) is 18.7. The molecule has 8 heteroatoms. The van der Waals surface area contributed by atoms with E-state index < -0.39 is 6.10 Å². The molecule has 1 N–H and O–H groups in total. The highest BCUT2D eigenvalue weighted by molar-refractivity contribution is 5.97. The average Bonchev–Trinajstić information content (AvgIpc) is 2.84. The molecule has 34 heavy (non-hydrogen) atoms. The van der Waals surface area contributed by atoms with E-state index in [1.54, 1.807) is 60.4 Å². The molecule has 3 atom stereocenters. The molecule has 0 saturated carbocycles. The third-order valence-corrected chi connectivity index (χ3v) is 5.71. The second kappa shape index (κ2) is 11.1. The van der Waals surface area contributed by atoms with E-state index in [-0.39, 0.29) is 48.7 Å². The van der Waals surface area contributed by atoms with Gasteiger partial charge in [0, 0.05) is 43.4 Å². The van der Waals surface area contributed by atoms with Gasteiger partial charge in [0.05, 0.1) is 19.2 Å². The van der Waals surface area contributed by atoms with Crippen molar-refractivity contribution in [3.05, 3.63) is 53.5 Å². The first kappa shape index (κ1) is 25.2. The van der Waals surface area contributed by atoms with Gasteiger partial charge in [-0.05, 0) is 25.1 Å². The molecule has 2 aromatic rings. The van der Waals surface area contributed by atoms with Crippen LogP contribution in [-0.4, -0.2) is 75.6 Å². The van der Waals surface area contributed by atoms with Gasteiger partial charge in [-0.3, -0.25) is 14.6 Å². The van der Waals surface area contributed by atoms with Crippen LogP contribution in [0.5, 0.6) is 5.88 Å². The molecular weight excluding hydrogens is 432 g/mol. The van der Waals surface area contributed by atoms with Gasteiger partial charge in [0.2, 0.25) is 5.88 Å². The van der Waals surface area contributed by atoms with Crippen molar-refractivity contribution in [3.8, 4) is 17.7 Å². The van der Waals surface area contributed by atoms with E-state index in [2.05, 4.69) is 21.8 Å². The molecule has 0 aliphatic carbocycles. The number of rotatable bonds is 5. The van der Waals surface area contributed by atoms with Gasteiger partial charge in [0.15, 0.2) is 0 Å². The lowest BCUT2D eigenvalue weighted by atomic mass is 9.99. The zero-order valence-electron chi connectivity index (χ0n) is 20.4. The lowest BCUT2D eigenvalue weighted by molar-refractivity contribution is 0.0312. The summed E-state index contributed by atoms with van der Waals surface area (Å²) in [6, 6.07) is 6.49. The van der Waals surface area contributed by atoms with Gasteiger partial charge in [0.25, 0.3) is 11.8 Å². The van der Waals surface area contributed by atoms with Crippen LogP contribution in [0.1, 0.15) is 54.1 Å². The molecule has 0 radical (unpaired) electrons. The number of aromatic nitrogens is 2. The fourth-order valence-electron chi connectivity index (χ4n) is 3.65. The van der Waals surface area contributed by atoms with Gasteiger partial charge in [-0.2, -0.15) is 0 Å². The van der Waals surface area contributed by atoms with Crippen molar-refractivity contribution in [3.63, 3.8) is 0 Å². The van der Waals surface area contributed by atoms with E-state index in [0.717, 1.165) is 0 Å². The summed E-state index contributed by atoms with van der Waals surface area (Å²) in [5, 5.41) is 9.79. The first-order chi connectivity index (χ1) is 16.2. The van der Waals surface area contributed by atoms with Gasteiger partial charge in [0.1, 0.15) is 17.4 Å². The van der Waals surface area contributed by atoms with Crippen molar-refractivity contribution < 1.29 is 19.4 Å². The smallest absolute Gasteiger partial charge is 0.272 e. The second-order valence-electron chi connectivity index (χ2n) is 9.02. The second-order valence-corrected chi connectivity index (χ2v) is 9.02. The van der Waals surface area contributed by atoms with Crippen LogP contribution in [-0.2, 0) is 0 Å². The number of pyridine rings is 2. The zero-order chi connectivity index (χ0) is 24.8. The van der Waals surface area contributed by atoms with Gasteiger partial charge in [-0.15, -0.1) is 0 Å². The Morgan fingerprint density at radius 2 is 2.09 bits per heavy atom. The lowest BCUT2D eigenvalue weighted by Gasteiger charge is -2.37. The highest BCUT2D eigenvalue weighted by Crippen LogP contribution is 2.27. The Morgan fingerprint density at radius 3 is 2.74 bits per heavy atom. The number of nitrogens with zero attached hydrogens (tertiary/aromatic N) is 4. The number of hydrogen-bond donors (Lipinski definition) is 1. The molecule has 0 bridgehead atoms. The average molecular weight is 465 g/mol. The van der Waals surface area contributed by atoms with Crippen LogP contribution >= 0.6 is 0 Å². The fourth-order valence-corrected chi connectivity index (χ4v) is 3.65. The molecule has 0 fully saturated rings. The number of carbonyl (C=O) groups is 2. The summed E-state index contributed by atoms with van der Waals surface area (Å²) < 4.78 is 6.24. The minimum atomic E-state index is -0.432. The third kappa shape index (κ3) is 5.91. The summed E-state index contributed by atoms with van der Waals surface area (Å²) in [6.07, 6.45) is 2.74. The molecular formula is C26H32N4O4. The number of fused-ring (bicyclic) bond motifs is 1. The molecule has 0 spiro atoms. The highest BCUT2D eigenvalue weighted by atomic mass is 16.5. The number of carbonyl (C=O) groups excluding carboxylic acids is 2. The van der Waals surface area contributed by atoms with Gasteiger partial charge in [-0.25, -0.2) is 4.98 Å². The predicted octanol–water partition coefficient (Wildman–Crippen LogP) is 2.48. The molecule has 0 unspecified atom stereocenters. The molecule has 1 aliphatic rings. The van der Waals surface area contributed by atoms with Crippen LogP contribution in [0.3, 0.4) is 0 Å². The van der Waals surface area contributed by atoms with Gasteiger partial charge in [-0.1, -0.05) is 38.7 Å². The maximum Gasteiger partial charge on any atom is 0.272 e. The summed E-state index contributed by atoms with van der Waals surface area (Å²) in [5.74, 6) is 5.89. The number of aliphatic hydroxyl groups excluding tert-OH is 1. The molecule has 2 aromatic heterocycles. The SMILES string of the molecule is CC(C)C#Cc1cnc2c(c1)C(=O)N([C@@H](C)CO)C[C@H](C)[C@@H](CN(C)C(=O)c1ccccn1)O2. The first-order valence-corrected chi connectivity index (χ1v) is 11.5. The molecule has 180 valence electrons. The summed E-state index contributed by atoms with van der Waals surface area (Å²) in [4.78, 5) is 38.0. The number of hydrogen-bond acceptors (Lipinski definition) is 6. The van der Waals surface area contributed by atoms with Crippen LogP contribution in [0.15, 0.2) is 36.7 Å². The summed E-state index contributed by atoms with van der Waals surface area (Å²) in [7, 11) is 1.70. The monoisotopic (exact) mass is 464 g/mol. The summed E-state index contributed by atoms with van der Waals surface area (Å²) >= 11 is 0. The minimum absolute atomic E-state index is 0.132. The molecule has 0 saturated heterocycles. The van der Waals surface area contributed by atoms with E-state index in [1.165, 1.54) is 0 Å². The Balaban J connectivity index is 1.95. The van der Waals surface area contributed by atoms with Crippen molar-refractivity contribution in [2.45, 2.75) is 39.8 Å². The van der Waals surface area contributed by atoms with E-state index in [4.69, 9.17) is 4.74 Å². The van der Waals surface area contributed by atoms with Gasteiger partial charge >= 0.3 is 0 Å². The van der Waals surface area contributed by atoms with Crippen molar-refractivity contribution in [2.75, 3.05) is 26.7 Å². The fraction of sp³-hybridized carbons (Fsp3) is 0.462. The molecule has 8 nitrogen and oxygen atoms in total. The quantitative estimate of drug-likeness (QED) is 0.683. The minimum Gasteiger partial charge on any atom is -0.472 e. The molecule has 3 heterocycles. The van der Waals surface area contributed by atoms with Crippen molar-refractivity contribution in [1.82, 2.24) is 19.8 Å². The largest absolute Gasteiger partial charge is 0.472 e. The van der Waals surface area contributed by atoms with Gasteiger partial charge < -0.3 is 19.6 Å². The Kier molecular flexibility index (Phi) is 8.24. The van der Waals surface area contributed by atoms with E-state index in [0.29, 0.717) is 23.4 Å². The third-order valence-electron chi connectivity index (χ3n) is 5.71. The summed E-state index contributed by atoms with van der Waals surface area (Å²) in [5.41, 5.74) is 1.26. The first-order valence-electron chi connectivity index (χ1n) is 11.5. The number of amides is 2. The standard InChI is InChI=1S/C26H32N4O4/c1-17(2)9-10-20-12-21-24(28-13-20)34-23(18(3)14-30(25(21)32)19(4)16-31)15-29(5)26(33)22-8-6-7-11-27-22/h6-8,11-13,17-19,23,31H,14-16H2,1-5H3/t18-,19-,23+/m0/s1. The summed E-state index contributed by atoms with van der Waals surface area (Å²) in [6.45, 7) is 8.21. The Labute approximate surface area is 201 Å². The number of ether oxygens (including phenoxy) is 1. The molecule has 1 aliphatic heterocycles. The van der Waals surface area contributed by atoms with Crippen molar-refractivity contribution in [1.29, 1.82) is 0 Å². The Hall–Kier alpha value is -3.44. The van der Waals surface area contributed by atoms with Crippen LogP contribution in [0.25, 0.3) is 0 Å². The Morgan fingerprint density at radius 1 is 1.32 bits per heavy atom. The predicted molar refractivity (Wildman–Crippen MR) is 128 cm³/mol. The number of likely N-dealkylation sites (N-methyl/N-ethyl adjacent to an activating group) is 1. The van der Waals surface area contributed by atoms with Crippen molar-refractivity contribution in [2.24, 2.45) is 11.8 Å². The van der Waals surface area contributed by atoms with Crippen LogP contribution in [0.4, 0.5) is 0 Å². The molecule has 0 aromatic carbocycles. The molecule has 3 rings (SSSR count). The number of aliphatic hydroxyl groups is 1. The topological polar surface area (TPSA) is 95.9 Å². The van der Waals surface area contributed by atoms with E-state index >= 15 is 0 Å². The van der Waals surface area contributed by atoms with Crippen LogP contribution in [0, 0.1) is 23.7 Å². The maximum atomic E-state index is 13.4. The van der Waals surface area contributed by atoms with Crippen molar-refractivity contribution >= 4 is 11.8 Å². The van der Waals surface area contributed by atoms with E-state index in [9.17, 15) is 14.7 Å². The van der Waals surface area contributed by atoms with E-state index in [1.807, 2.05) is 20.8 Å².